The number of hydrogen-bond acceptors (Lipinski definition) is 0. The average Bonchev–Trinajstić information content (AvgIpc) is 3.39. The van der Waals surface area contributed by atoms with Gasteiger partial charge in [0.1, 0.15) is 0 Å². The molecule has 0 nitrogen and oxygen atoms in total. The van der Waals surface area contributed by atoms with Gasteiger partial charge in [-0.15, -0.1) is 0 Å². The van der Waals surface area contributed by atoms with Gasteiger partial charge in [0, 0.05) is 0 Å². The topological polar surface area (TPSA) is 0 Å². The molecule has 0 heterocycles. The maximum Gasteiger partial charge on any atom is -0.0148 e. The monoisotopic (exact) mass is 881 g/mol. The SMILES string of the molecule is CC.CC.CC.CC.CC.Cc1c(C)c(C)c(C)c(C)c1C.Cc1c2ccccc2cc2ccccc12.Cc1cccc2ccccc12.Cc1cccc2ccccc12.Cc1ccccc1. The van der Waals surface area contributed by atoms with Gasteiger partial charge in [-0.3, -0.25) is 0 Å². The predicted molar refractivity (Wildman–Crippen MR) is 306 cm³/mol. The van der Waals surface area contributed by atoms with E-state index in [1.54, 1.807) is 0 Å². The molecule has 0 amide bonds. The first-order valence-electron chi connectivity index (χ1n) is 24.8. The Morgan fingerprint density at radius 1 is 0.197 bits per heavy atom. The molecule has 9 aromatic carbocycles. The molecule has 0 unspecified atom stereocenters. The molecule has 0 fully saturated rings. The van der Waals surface area contributed by atoms with Gasteiger partial charge in [0.15, 0.2) is 0 Å². The molecular weight excluding hydrogens is 793 g/mol. The van der Waals surface area contributed by atoms with E-state index in [0.29, 0.717) is 0 Å². The summed E-state index contributed by atoms with van der Waals surface area (Å²) in [7, 11) is 0. The molecule has 9 rings (SSSR count). The van der Waals surface area contributed by atoms with E-state index in [0.717, 1.165) is 0 Å². The third-order valence-corrected chi connectivity index (χ3v) is 11.4. The molecule has 0 radical (unpaired) electrons. The van der Waals surface area contributed by atoms with Crippen molar-refractivity contribution in [1.82, 2.24) is 0 Å². The standard InChI is InChI=1S/C15H12.C12H18.2C11H10.C7H8.5C2H6/c1-11-14-8-4-2-6-12(14)10-13-7-3-5-9-15(11)13;1-7-8(2)10(4)12(6)11(5)9(7)3;2*1-9-5-4-7-10-6-2-3-8-11(9)10;1-7-5-3-2-4-6-7;5*1-2/h2-10H,1H3;1-6H3;2*2-8H,1H3;2-6H,1H3;5*1-2H3. The van der Waals surface area contributed by atoms with Crippen LogP contribution in [0, 0.1) is 69.2 Å². The van der Waals surface area contributed by atoms with Gasteiger partial charge >= 0.3 is 0 Å². The fraction of sp³-hybridized carbons (Fsp3) is 0.303. The molecule has 9 aromatic rings. The van der Waals surface area contributed by atoms with Crippen LogP contribution < -0.4 is 0 Å². The lowest BCUT2D eigenvalue weighted by molar-refractivity contribution is 1.13. The largest absolute Gasteiger partial charge is 0.0683 e. The van der Waals surface area contributed by atoms with Crippen molar-refractivity contribution in [3.63, 3.8) is 0 Å². The highest BCUT2D eigenvalue weighted by molar-refractivity contribution is 6.01. The van der Waals surface area contributed by atoms with Crippen molar-refractivity contribution in [2.75, 3.05) is 0 Å². The summed E-state index contributed by atoms with van der Waals surface area (Å²) in [6.07, 6.45) is 0. The Morgan fingerprint density at radius 2 is 0.439 bits per heavy atom. The van der Waals surface area contributed by atoms with Gasteiger partial charge in [-0.2, -0.15) is 0 Å². The summed E-state index contributed by atoms with van der Waals surface area (Å²) in [6.45, 7) is 41.8. The predicted octanol–water partition coefficient (Wildman–Crippen LogP) is 21.3. The highest BCUT2D eigenvalue weighted by Crippen LogP contribution is 2.28. The van der Waals surface area contributed by atoms with E-state index in [9.17, 15) is 0 Å². The molecule has 0 aliphatic heterocycles. The number of hydrogen-bond donors (Lipinski definition) is 0. The molecule has 0 spiro atoms. The molecule has 0 N–H and O–H groups in total. The summed E-state index contributed by atoms with van der Waals surface area (Å²) in [5.41, 5.74) is 14.1. The molecule has 0 aromatic heterocycles. The van der Waals surface area contributed by atoms with Gasteiger partial charge in [0.05, 0.1) is 0 Å². The summed E-state index contributed by atoms with van der Waals surface area (Å²) in [5, 5.41) is 10.7. The third kappa shape index (κ3) is 18.1. The minimum absolute atomic E-state index is 1.32. The number of benzene rings is 9. The first kappa shape index (κ1) is 60.0. The van der Waals surface area contributed by atoms with E-state index in [2.05, 4.69) is 221 Å². The van der Waals surface area contributed by atoms with Crippen LogP contribution in [0.25, 0.3) is 43.1 Å². The molecule has 0 bridgehead atoms. The zero-order valence-corrected chi connectivity index (χ0v) is 45.2. The second-order valence-electron chi connectivity index (χ2n) is 14.9. The maximum absolute atomic E-state index is 2.26. The van der Waals surface area contributed by atoms with E-state index in [1.807, 2.05) is 87.4 Å². The zero-order valence-electron chi connectivity index (χ0n) is 45.2. The van der Waals surface area contributed by atoms with Crippen LogP contribution in [-0.4, -0.2) is 0 Å². The van der Waals surface area contributed by atoms with Crippen LogP contribution in [0.15, 0.2) is 170 Å². The molecule has 352 valence electrons. The van der Waals surface area contributed by atoms with Crippen LogP contribution in [0.2, 0.25) is 0 Å². The van der Waals surface area contributed by atoms with Crippen LogP contribution in [-0.2, 0) is 0 Å². The highest BCUT2D eigenvalue weighted by atomic mass is 14.1. The Balaban J connectivity index is 0.000000773. The molecule has 0 saturated heterocycles. The summed E-state index contributed by atoms with van der Waals surface area (Å²) >= 11 is 0. The van der Waals surface area contributed by atoms with Gasteiger partial charge in [-0.25, -0.2) is 0 Å². The number of rotatable bonds is 0. The van der Waals surface area contributed by atoms with Crippen LogP contribution in [0.4, 0.5) is 0 Å². The van der Waals surface area contributed by atoms with Crippen LogP contribution in [0.1, 0.15) is 125 Å². The zero-order chi connectivity index (χ0) is 50.2. The summed E-state index contributed by atoms with van der Waals surface area (Å²) < 4.78 is 0. The fourth-order valence-corrected chi connectivity index (χ4v) is 7.24. The second kappa shape index (κ2) is 34.4. The maximum atomic E-state index is 2.26. The molecule has 0 saturated carbocycles. The van der Waals surface area contributed by atoms with Gasteiger partial charge in [0.2, 0.25) is 0 Å². The van der Waals surface area contributed by atoms with Crippen LogP contribution in [0.5, 0.6) is 0 Å². The Kier molecular flexibility index (Phi) is 31.3. The van der Waals surface area contributed by atoms with Crippen molar-refractivity contribution < 1.29 is 0 Å². The molecule has 0 aliphatic rings. The lowest BCUT2D eigenvalue weighted by Crippen LogP contribution is -1.98. The molecule has 0 aliphatic carbocycles. The molecular formula is C66H88. The molecule has 0 heteroatoms. The van der Waals surface area contributed by atoms with Crippen molar-refractivity contribution in [2.24, 2.45) is 0 Å². The van der Waals surface area contributed by atoms with E-state index < -0.39 is 0 Å². The number of aryl methyl sites for hydroxylation is 4. The Morgan fingerprint density at radius 3 is 0.712 bits per heavy atom. The van der Waals surface area contributed by atoms with E-state index in [1.165, 1.54) is 98.7 Å². The third-order valence-electron chi connectivity index (χ3n) is 11.4. The quantitative estimate of drug-likeness (QED) is 0.133. The van der Waals surface area contributed by atoms with Crippen molar-refractivity contribution >= 4 is 43.1 Å². The summed E-state index contributed by atoms with van der Waals surface area (Å²) in [6, 6.07) is 59.3. The van der Waals surface area contributed by atoms with Gasteiger partial charge in [-0.1, -0.05) is 239 Å². The van der Waals surface area contributed by atoms with E-state index >= 15 is 0 Å². The van der Waals surface area contributed by atoms with E-state index in [4.69, 9.17) is 0 Å². The first-order chi connectivity index (χ1) is 32.0. The minimum atomic E-state index is 1.32. The van der Waals surface area contributed by atoms with Crippen molar-refractivity contribution in [1.29, 1.82) is 0 Å². The lowest BCUT2D eigenvalue weighted by Gasteiger charge is -2.15. The van der Waals surface area contributed by atoms with Gasteiger partial charge in [-0.05, 0) is 168 Å². The smallest absolute Gasteiger partial charge is 0.0148 e. The highest BCUT2D eigenvalue weighted by Gasteiger charge is 2.08. The van der Waals surface area contributed by atoms with Crippen molar-refractivity contribution in [3.05, 3.63) is 225 Å². The number of fused-ring (bicyclic) bond motifs is 4. The normalized spacial score (nSPS) is 9.21. The van der Waals surface area contributed by atoms with Gasteiger partial charge < -0.3 is 0 Å². The Hall–Kier alpha value is -5.98. The lowest BCUT2D eigenvalue weighted by atomic mass is 9.90. The fourth-order valence-electron chi connectivity index (χ4n) is 7.24. The second-order valence-corrected chi connectivity index (χ2v) is 14.9. The van der Waals surface area contributed by atoms with Crippen molar-refractivity contribution in [2.45, 2.75) is 138 Å². The average molecular weight is 881 g/mol. The summed E-state index contributed by atoms with van der Waals surface area (Å²) in [4.78, 5) is 0. The minimum Gasteiger partial charge on any atom is -0.0683 e. The Labute approximate surface area is 405 Å². The molecule has 0 atom stereocenters. The van der Waals surface area contributed by atoms with E-state index in [-0.39, 0.29) is 0 Å². The van der Waals surface area contributed by atoms with Crippen LogP contribution in [0.3, 0.4) is 0 Å². The van der Waals surface area contributed by atoms with Crippen LogP contribution >= 0.6 is 0 Å². The molecule has 66 heavy (non-hydrogen) atoms. The Bertz CT molecular complexity index is 2430. The summed E-state index contributed by atoms with van der Waals surface area (Å²) in [5.74, 6) is 0. The van der Waals surface area contributed by atoms with Crippen molar-refractivity contribution in [3.8, 4) is 0 Å². The van der Waals surface area contributed by atoms with Gasteiger partial charge in [0.25, 0.3) is 0 Å². The first-order valence-corrected chi connectivity index (χ1v) is 24.8.